The minimum Gasteiger partial charge on any atom is -0.497 e. The second-order valence-corrected chi connectivity index (χ2v) is 9.56. The quantitative estimate of drug-likeness (QED) is 0.207. The summed E-state index contributed by atoms with van der Waals surface area (Å²) in [6, 6.07) is 14.4. The lowest BCUT2D eigenvalue weighted by atomic mass is 10.1. The van der Waals surface area contributed by atoms with Crippen LogP contribution in [0.1, 0.15) is 30.6 Å². The smallest absolute Gasteiger partial charge is 0.251 e. The molecule has 0 spiro atoms. The van der Waals surface area contributed by atoms with Crippen molar-refractivity contribution in [2.24, 2.45) is 5.92 Å². The van der Waals surface area contributed by atoms with Crippen molar-refractivity contribution in [1.82, 2.24) is 25.5 Å². The van der Waals surface area contributed by atoms with Gasteiger partial charge in [0.25, 0.3) is 5.91 Å². The first-order chi connectivity index (χ1) is 19.9. The molecule has 10 nitrogen and oxygen atoms in total. The molecule has 0 aliphatic carbocycles. The van der Waals surface area contributed by atoms with Crippen molar-refractivity contribution in [3.63, 3.8) is 0 Å². The van der Waals surface area contributed by atoms with Gasteiger partial charge in [0.2, 0.25) is 0 Å². The standard InChI is InChI=1S/C30H35FN6O4/c1-4-37(11-9-20(2)18-33-30(39)23-15-24(40-3)17-25(16-23)41-13-12-38)29-26(31)19-32-28(35-29)22-7-5-6-21(14-22)27-8-10-34-36-27/h5-8,10,14-17,19-20,38H,4,9,11-13,18H2,1-3H3,(H,33,39)(H,34,36). The first-order valence-electron chi connectivity index (χ1n) is 13.5. The average Bonchev–Trinajstić information content (AvgIpc) is 3.55. The summed E-state index contributed by atoms with van der Waals surface area (Å²) in [6.45, 7) is 5.49. The summed E-state index contributed by atoms with van der Waals surface area (Å²) in [5, 5.41) is 19.0. The van der Waals surface area contributed by atoms with Gasteiger partial charge in [-0.2, -0.15) is 5.10 Å². The molecule has 2 aromatic carbocycles. The summed E-state index contributed by atoms with van der Waals surface area (Å²) >= 11 is 0. The van der Waals surface area contributed by atoms with E-state index in [1.165, 1.54) is 13.3 Å². The van der Waals surface area contributed by atoms with Crippen LogP contribution in [0.2, 0.25) is 0 Å². The minimum absolute atomic E-state index is 0.110. The molecule has 4 rings (SSSR count). The minimum atomic E-state index is -0.489. The Morgan fingerprint density at radius 2 is 1.98 bits per heavy atom. The van der Waals surface area contributed by atoms with Crippen LogP contribution in [0.4, 0.5) is 10.2 Å². The highest BCUT2D eigenvalue weighted by Gasteiger charge is 2.17. The largest absolute Gasteiger partial charge is 0.497 e. The zero-order chi connectivity index (χ0) is 29.2. The number of hydrogen-bond donors (Lipinski definition) is 3. The number of aromatic amines is 1. The number of hydrogen-bond acceptors (Lipinski definition) is 8. The predicted octanol–water partition coefficient (Wildman–Crippen LogP) is 4.34. The number of ether oxygens (including phenoxy) is 2. The number of amides is 1. The Labute approximate surface area is 238 Å². The molecule has 0 saturated carbocycles. The van der Waals surface area contributed by atoms with Crippen molar-refractivity contribution < 1.29 is 23.8 Å². The van der Waals surface area contributed by atoms with Crippen molar-refractivity contribution in [3.05, 3.63) is 72.3 Å². The van der Waals surface area contributed by atoms with Crippen LogP contribution in [0, 0.1) is 11.7 Å². The van der Waals surface area contributed by atoms with Gasteiger partial charge < -0.3 is 24.8 Å². The molecule has 0 aliphatic rings. The molecule has 1 unspecified atom stereocenters. The van der Waals surface area contributed by atoms with Gasteiger partial charge in [-0.15, -0.1) is 0 Å². The van der Waals surface area contributed by atoms with Crippen LogP contribution in [-0.4, -0.2) is 71.1 Å². The monoisotopic (exact) mass is 562 g/mol. The van der Waals surface area contributed by atoms with E-state index >= 15 is 0 Å². The molecule has 2 aromatic heterocycles. The number of aliphatic hydroxyl groups excluding tert-OH is 1. The van der Waals surface area contributed by atoms with E-state index in [1.807, 2.05) is 49.1 Å². The van der Waals surface area contributed by atoms with E-state index < -0.39 is 5.82 Å². The number of benzene rings is 2. The van der Waals surface area contributed by atoms with E-state index in [9.17, 15) is 9.18 Å². The van der Waals surface area contributed by atoms with E-state index in [4.69, 9.17) is 14.6 Å². The lowest BCUT2D eigenvalue weighted by Gasteiger charge is -2.24. The third-order valence-corrected chi connectivity index (χ3v) is 6.56. The van der Waals surface area contributed by atoms with Crippen LogP contribution >= 0.6 is 0 Å². The molecular formula is C30H35FN6O4. The van der Waals surface area contributed by atoms with Crippen LogP contribution in [0.25, 0.3) is 22.6 Å². The highest BCUT2D eigenvalue weighted by atomic mass is 19.1. The summed E-state index contributed by atoms with van der Waals surface area (Å²) in [4.78, 5) is 23.5. The first kappa shape index (κ1) is 29.5. The Morgan fingerprint density at radius 3 is 2.71 bits per heavy atom. The molecule has 4 aromatic rings. The zero-order valence-electron chi connectivity index (χ0n) is 23.4. The summed E-state index contributed by atoms with van der Waals surface area (Å²) in [5.74, 6) is 0.950. The van der Waals surface area contributed by atoms with Crippen molar-refractivity contribution in [2.75, 3.05) is 44.9 Å². The van der Waals surface area contributed by atoms with Gasteiger partial charge >= 0.3 is 0 Å². The number of aliphatic hydroxyl groups is 1. The number of carbonyl (C=O) groups excluding carboxylic acids is 1. The van der Waals surface area contributed by atoms with Gasteiger partial charge in [0.15, 0.2) is 17.5 Å². The third-order valence-electron chi connectivity index (χ3n) is 6.56. The van der Waals surface area contributed by atoms with Crippen LogP contribution in [0.5, 0.6) is 11.5 Å². The van der Waals surface area contributed by atoms with Gasteiger partial charge in [-0.25, -0.2) is 14.4 Å². The maximum atomic E-state index is 14.9. The Bertz CT molecular complexity index is 1430. The second-order valence-electron chi connectivity index (χ2n) is 9.56. The number of nitrogens with one attached hydrogen (secondary N) is 2. The maximum Gasteiger partial charge on any atom is 0.251 e. The van der Waals surface area contributed by atoms with Gasteiger partial charge in [0.1, 0.15) is 18.1 Å². The summed E-state index contributed by atoms with van der Waals surface area (Å²) in [5.41, 5.74) is 2.87. The molecule has 0 radical (unpaired) electrons. The molecule has 3 N–H and O–H groups in total. The summed E-state index contributed by atoms with van der Waals surface area (Å²) in [7, 11) is 1.51. The highest BCUT2D eigenvalue weighted by Crippen LogP contribution is 2.26. The fraction of sp³-hybridized carbons (Fsp3) is 0.333. The van der Waals surface area contributed by atoms with Crippen molar-refractivity contribution in [2.45, 2.75) is 20.3 Å². The SMILES string of the molecule is CCN(CCC(C)CNC(=O)c1cc(OC)cc(OCCO)c1)c1nc(-c2cccc(-c3cc[nH]n3)c2)ncc1F. The Balaban J connectivity index is 1.38. The van der Waals surface area contributed by atoms with Gasteiger partial charge in [0, 0.05) is 48.6 Å². The van der Waals surface area contributed by atoms with E-state index in [-0.39, 0.29) is 30.9 Å². The number of aromatic nitrogens is 4. The number of rotatable bonds is 14. The van der Waals surface area contributed by atoms with Crippen LogP contribution in [0.3, 0.4) is 0 Å². The predicted molar refractivity (Wildman–Crippen MR) is 155 cm³/mol. The van der Waals surface area contributed by atoms with Gasteiger partial charge in [-0.3, -0.25) is 9.89 Å². The molecule has 216 valence electrons. The summed E-state index contributed by atoms with van der Waals surface area (Å²) < 4.78 is 25.6. The molecule has 41 heavy (non-hydrogen) atoms. The lowest BCUT2D eigenvalue weighted by molar-refractivity contribution is 0.0946. The van der Waals surface area contributed by atoms with Gasteiger partial charge in [-0.1, -0.05) is 25.1 Å². The van der Waals surface area contributed by atoms with E-state index in [1.54, 1.807) is 24.4 Å². The van der Waals surface area contributed by atoms with Gasteiger partial charge in [0.05, 0.1) is 25.6 Å². The maximum absolute atomic E-state index is 14.9. The lowest BCUT2D eigenvalue weighted by Crippen LogP contribution is -2.32. The van der Waals surface area contributed by atoms with E-state index in [0.29, 0.717) is 48.9 Å². The topological polar surface area (TPSA) is 125 Å². The molecule has 0 fully saturated rings. The molecule has 2 heterocycles. The van der Waals surface area contributed by atoms with Crippen LogP contribution in [0.15, 0.2) is 60.9 Å². The second kappa shape index (κ2) is 14.2. The molecule has 0 bridgehead atoms. The fourth-order valence-electron chi connectivity index (χ4n) is 4.29. The summed E-state index contributed by atoms with van der Waals surface area (Å²) in [6.07, 6.45) is 3.66. The first-order valence-corrected chi connectivity index (χ1v) is 13.5. The molecule has 0 saturated heterocycles. The van der Waals surface area contributed by atoms with Crippen molar-refractivity contribution in [1.29, 1.82) is 0 Å². The normalized spacial score (nSPS) is 11.6. The van der Waals surface area contributed by atoms with Crippen molar-refractivity contribution >= 4 is 11.7 Å². The van der Waals surface area contributed by atoms with Crippen molar-refractivity contribution in [3.8, 4) is 34.1 Å². The Kier molecular flexibility index (Phi) is 10.2. The molecular weight excluding hydrogens is 527 g/mol. The fourth-order valence-corrected chi connectivity index (χ4v) is 4.29. The molecule has 1 atom stereocenters. The van der Waals surface area contributed by atoms with E-state index in [2.05, 4.69) is 25.5 Å². The number of anilines is 1. The number of carbonyl (C=O) groups is 1. The Hall–Kier alpha value is -4.51. The van der Waals surface area contributed by atoms with Crippen LogP contribution in [-0.2, 0) is 0 Å². The molecule has 1 amide bonds. The zero-order valence-corrected chi connectivity index (χ0v) is 23.4. The highest BCUT2D eigenvalue weighted by molar-refractivity contribution is 5.95. The van der Waals surface area contributed by atoms with Gasteiger partial charge in [-0.05, 0) is 43.5 Å². The Morgan fingerprint density at radius 1 is 1.17 bits per heavy atom. The average molecular weight is 563 g/mol. The van der Waals surface area contributed by atoms with E-state index in [0.717, 1.165) is 16.8 Å². The molecule has 0 aliphatic heterocycles. The number of halogens is 1. The van der Waals surface area contributed by atoms with Crippen LogP contribution < -0.4 is 19.7 Å². The number of H-pyrrole nitrogens is 1. The molecule has 11 heteroatoms. The number of methoxy groups -OCH3 is 1. The third kappa shape index (κ3) is 7.79. The number of nitrogens with zero attached hydrogens (tertiary/aromatic N) is 4.